The molecule has 2 rings (SSSR count). The van der Waals surface area contributed by atoms with Crippen molar-refractivity contribution in [1.29, 1.82) is 0 Å². The van der Waals surface area contributed by atoms with Crippen LogP contribution in [0, 0.1) is 5.82 Å². The molecule has 5 heteroatoms. The van der Waals surface area contributed by atoms with Gasteiger partial charge in [-0.1, -0.05) is 15.9 Å². The average Bonchev–Trinajstić information content (AvgIpc) is 3.12. The number of nitrogens with zero attached hydrogens (tertiary/aromatic N) is 1. The van der Waals surface area contributed by atoms with Gasteiger partial charge in [0.1, 0.15) is 5.82 Å². The maximum atomic E-state index is 13.6. The number of halogens is 3. The molecule has 0 aromatic heterocycles. The van der Waals surface area contributed by atoms with Crippen molar-refractivity contribution in [3.05, 3.63) is 34.1 Å². The summed E-state index contributed by atoms with van der Waals surface area (Å²) in [6, 6.07) is 4.62. The Morgan fingerprint density at radius 3 is 2.82 bits per heavy atom. The third-order valence-electron chi connectivity index (χ3n) is 2.73. The van der Waals surface area contributed by atoms with Gasteiger partial charge >= 0.3 is 0 Å². The van der Waals surface area contributed by atoms with Crippen molar-refractivity contribution in [1.82, 2.24) is 4.90 Å². The Morgan fingerprint density at radius 1 is 1.53 bits per heavy atom. The summed E-state index contributed by atoms with van der Waals surface area (Å²) in [4.78, 5) is 13.9. The third kappa shape index (κ3) is 2.99. The summed E-state index contributed by atoms with van der Waals surface area (Å²) in [5.74, 6) is -0.386. The molecule has 1 aromatic rings. The molecule has 1 aliphatic carbocycles. The Labute approximate surface area is 113 Å². The molecule has 0 N–H and O–H groups in total. The van der Waals surface area contributed by atoms with E-state index in [9.17, 15) is 9.18 Å². The van der Waals surface area contributed by atoms with Crippen LogP contribution in [-0.4, -0.2) is 29.3 Å². The average molecular weight is 321 g/mol. The van der Waals surface area contributed by atoms with Gasteiger partial charge in [-0.15, -0.1) is 11.6 Å². The second kappa shape index (κ2) is 5.36. The topological polar surface area (TPSA) is 20.3 Å². The predicted octanol–water partition coefficient (Wildman–Crippen LogP) is 3.43. The summed E-state index contributed by atoms with van der Waals surface area (Å²) in [6.45, 7) is 0.469. The summed E-state index contributed by atoms with van der Waals surface area (Å²) in [6.07, 6.45) is 1.97. The fraction of sp³-hybridized carbons (Fsp3) is 0.417. The molecule has 1 aromatic carbocycles. The summed E-state index contributed by atoms with van der Waals surface area (Å²) < 4.78 is 14.3. The molecular weight excluding hydrogens is 308 g/mol. The van der Waals surface area contributed by atoms with Crippen molar-refractivity contribution in [3.63, 3.8) is 0 Å². The fourth-order valence-electron chi connectivity index (χ4n) is 1.74. The van der Waals surface area contributed by atoms with E-state index in [2.05, 4.69) is 15.9 Å². The van der Waals surface area contributed by atoms with Crippen LogP contribution in [0.2, 0.25) is 0 Å². The van der Waals surface area contributed by atoms with Crippen molar-refractivity contribution in [2.75, 3.05) is 12.4 Å². The van der Waals surface area contributed by atoms with E-state index in [0.717, 1.165) is 12.8 Å². The highest BCUT2D eigenvalue weighted by Crippen LogP contribution is 2.29. The zero-order valence-electron chi connectivity index (χ0n) is 9.13. The summed E-state index contributed by atoms with van der Waals surface area (Å²) in [7, 11) is 0. The van der Waals surface area contributed by atoms with Gasteiger partial charge in [0.05, 0.1) is 5.56 Å². The first-order chi connectivity index (χ1) is 8.13. The molecule has 0 spiro atoms. The van der Waals surface area contributed by atoms with E-state index in [4.69, 9.17) is 11.6 Å². The molecule has 0 unspecified atom stereocenters. The molecule has 0 saturated heterocycles. The lowest BCUT2D eigenvalue weighted by molar-refractivity contribution is 0.0749. The van der Waals surface area contributed by atoms with Crippen molar-refractivity contribution in [2.45, 2.75) is 18.9 Å². The number of benzene rings is 1. The number of carbonyl (C=O) groups is 1. The van der Waals surface area contributed by atoms with E-state index >= 15 is 0 Å². The molecule has 1 fully saturated rings. The maximum absolute atomic E-state index is 13.6. The van der Waals surface area contributed by atoms with Gasteiger partial charge in [0.15, 0.2) is 0 Å². The van der Waals surface area contributed by atoms with Crippen molar-refractivity contribution < 1.29 is 9.18 Å². The second-order valence-corrected chi connectivity index (χ2v) is 5.34. The highest BCUT2D eigenvalue weighted by Gasteiger charge is 2.33. The minimum Gasteiger partial charge on any atom is -0.334 e. The first-order valence-electron chi connectivity index (χ1n) is 5.45. The molecule has 0 bridgehead atoms. The normalized spacial score (nSPS) is 14.8. The van der Waals surface area contributed by atoms with E-state index in [1.165, 1.54) is 12.1 Å². The monoisotopic (exact) mass is 319 g/mol. The molecule has 0 radical (unpaired) electrons. The minimum absolute atomic E-state index is 0.108. The van der Waals surface area contributed by atoms with Gasteiger partial charge in [-0.3, -0.25) is 4.79 Å². The zero-order chi connectivity index (χ0) is 12.4. The van der Waals surface area contributed by atoms with Crippen LogP contribution < -0.4 is 0 Å². The van der Waals surface area contributed by atoms with Crippen LogP contribution in [-0.2, 0) is 0 Å². The summed E-state index contributed by atoms with van der Waals surface area (Å²) >= 11 is 8.92. The van der Waals surface area contributed by atoms with E-state index in [-0.39, 0.29) is 17.5 Å². The van der Waals surface area contributed by atoms with Crippen molar-refractivity contribution in [3.8, 4) is 0 Å². The summed E-state index contributed by atoms with van der Waals surface area (Å²) in [5, 5.41) is 0. The van der Waals surface area contributed by atoms with Gasteiger partial charge in [0.25, 0.3) is 5.91 Å². The minimum atomic E-state index is -0.488. The Morgan fingerprint density at radius 2 is 2.24 bits per heavy atom. The molecule has 17 heavy (non-hydrogen) atoms. The molecule has 1 aliphatic rings. The molecule has 0 atom stereocenters. The Hall–Kier alpha value is -0.610. The van der Waals surface area contributed by atoms with Crippen molar-refractivity contribution in [2.24, 2.45) is 0 Å². The van der Waals surface area contributed by atoms with E-state index in [1.54, 1.807) is 11.0 Å². The van der Waals surface area contributed by atoms with E-state index < -0.39 is 5.82 Å². The standard InChI is InChI=1S/C12H12BrClFNO/c13-8-1-4-11(15)10(7-8)12(17)16(6-5-14)9-2-3-9/h1,4,7,9H,2-3,5-6H2. The first-order valence-corrected chi connectivity index (χ1v) is 6.78. The van der Waals surface area contributed by atoms with Gasteiger partial charge in [-0.25, -0.2) is 4.39 Å². The molecule has 2 nitrogen and oxygen atoms in total. The molecular formula is C12H12BrClFNO. The first kappa shape index (κ1) is 12.8. The van der Waals surface area contributed by atoms with E-state index in [0.29, 0.717) is 16.9 Å². The highest BCUT2D eigenvalue weighted by atomic mass is 79.9. The summed E-state index contributed by atoms with van der Waals surface area (Å²) in [5.41, 5.74) is 0.108. The van der Waals surface area contributed by atoms with Crippen LogP contribution in [0.3, 0.4) is 0 Å². The second-order valence-electron chi connectivity index (χ2n) is 4.04. The van der Waals surface area contributed by atoms with Gasteiger partial charge in [-0.05, 0) is 31.0 Å². The fourth-order valence-corrected chi connectivity index (χ4v) is 2.29. The smallest absolute Gasteiger partial charge is 0.257 e. The van der Waals surface area contributed by atoms with E-state index in [1.807, 2.05) is 0 Å². The molecule has 92 valence electrons. The third-order valence-corrected chi connectivity index (χ3v) is 3.40. The van der Waals surface area contributed by atoms with Crippen LogP contribution >= 0.6 is 27.5 Å². The van der Waals surface area contributed by atoms with Crippen LogP contribution in [0.4, 0.5) is 4.39 Å². The number of hydrogen-bond donors (Lipinski definition) is 0. The molecule has 1 amide bonds. The zero-order valence-corrected chi connectivity index (χ0v) is 11.5. The van der Waals surface area contributed by atoms with Crippen LogP contribution in [0.1, 0.15) is 23.2 Å². The lowest BCUT2D eigenvalue weighted by atomic mass is 10.2. The number of carbonyl (C=O) groups excluding carboxylic acids is 1. The van der Waals surface area contributed by atoms with Gasteiger partial charge in [0.2, 0.25) is 0 Å². The number of amides is 1. The van der Waals surface area contributed by atoms with Gasteiger partial charge in [0, 0.05) is 22.9 Å². The van der Waals surface area contributed by atoms with Gasteiger partial charge < -0.3 is 4.90 Å². The van der Waals surface area contributed by atoms with Crippen LogP contribution in [0.25, 0.3) is 0 Å². The van der Waals surface area contributed by atoms with Gasteiger partial charge in [-0.2, -0.15) is 0 Å². The van der Waals surface area contributed by atoms with Crippen molar-refractivity contribution >= 4 is 33.4 Å². The largest absolute Gasteiger partial charge is 0.334 e. The predicted molar refractivity (Wildman–Crippen MR) is 68.9 cm³/mol. The molecule has 1 saturated carbocycles. The number of alkyl halides is 1. The lowest BCUT2D eigenvalue weighted by Crippen LogP contribution is -2.35. The van der Waals surface area contributed by atoms with Crippen LogP contribution in [0.5, 0.6) is 0 Å². The highest BCUT2D eigenvalue weighted by molar-refractivity contribution is 9.10. The Bertz CT molecular complexity index is 437. The quantitative estimate of drug-likeness (QED) is 0.778. The Balaban J connectivity index is 2.24. The van der Waals surface area contributed by atoms with Crippen LogP contribution in [0.15, 0.2) is 22.7 Å². The maximum Gasteiger partial charge on any atom is 0.257 e. The number of rotatable bonds is 4. The lowest BCUT2D eigenvalue weighted by Gasteiger charge is -2.21. The number of hydrogen-bond acceptors (Lipinski definition) is 1. The molecule has 0 aliphatic heterocycles. The SMILES string of the molecule is O=C(c1cc(Br)ccc1F)N(CCCl)C1CC1. The Kier molecular flexibility index (Phi) is 4.05. The molecule has 0 heterocycles.